The third-order valence-electron chi connectivity index (χ3n) is 4.16. The standard InChI is InChI=1S/C21H18N2O6S/c1-12(19(25)26)29-16-8-6-13(7-9-16)10-17-18(24)23(2)21(30-17)22-15-5-3-4-14(11-15)20(27)28/h3-12H,1-2H3,(H,25,26)(H,27,28)/b17-10-,22-21?. The van der Waals surface area contributed by atoms with E-state index < -0.39 is 18.0 Å². The number of carboxylic acids is 2. The van der Waals surface area contributed by atoms with Crippen LogP contribution in [0.15, 0.2) is 58.4 Å². The molecule has 1 aliphatic heterocycles. The van der Waals surface area contributed by atoms with E-state index in [-0.39, 0.29) is 11.5 Å². The summed E-state index contributed by atoms with van der Waals surface area (Å²) in [5, 5.41) is 18.4. The Balaban J connectivity index is 1.78. The van der Waals surface area contributed by atoms with E-state index in [0.29, 0.717) is 21.5 Å². The van der Waals surface area contributed by atoms with Crippen molar-refractivity contribution in [3.63, 3.8) is 0 Å². The minimum absolute atomic E-state index is 0.115. The Morgan fingerprint density at radius 1 is 1.17 bits per heavy atom. The Labute approximate surface area is 176 Å². The highest BCUT2D eigenvalue weighted by Gasteiger charge is 2.30. The third-order valence-corrected chi connectivity index (χ3v) is 5.22. The summed E-state index contributed by atoms with van der Waals surface area (Å²) in [6.45, 7) is 1.44. The molecule has 9 heteroatoms. The van der Waals surface area contributed by atoms with Crippen molar-refractivity contribution in [1.82, 2.24) is 4.90 Å². The number of thioether (sulfide) groups is 1. The zero-order valence-electron chi connectivity index (χ0n) is 16.1. The summed E-state index contributed by atoms with van der Waals surface area (Å²) in [4.78, 5) is 40.8. The first-order chi connectivity index (χ1) is 14.2. The molecule has 154 valence electrons. The van der Waals surface area contributed by atoms with Gasteiger partial charge in [-0.1, -0.05) is 18.2 Å². The highest BCUT2D eigenvalue weighted by atomic mass is 32.2. The van der Waals surface area contributed by atoms with Crippen LogP contribution in [0.4, 0.5) is 5.69 Å². The summed E-state index contributed by atoms with van der Waals surface area (Å²) in [5.74, 6) is -1.92. The van der Waals surface area contributed by atoms with E-state index in [9.17, 15) is 14.4 Å². The zero-order chi connectivity index (χ0) is 21.8. The lowest BCUT2D eigenvalue weighted by Crippen LogP contribution is -2.23. The molecule has 1 saturated heterocycles. The maximum atomic E-state index is 12.5. The first-order valence-corrected chi connectivity index (χ1v) is 9.65. The molecule has 3 rings (SSSR count). The van der Waals surface area contributed by atoms with Crippen LogP contribution in [0.2, 0.25) is 0 Å². The number of aromatic carboxylic acids is 1. The Morgan fingerprint density at radius 3 is 2.50 bits per heavy atom. The minimum atomic E-state index is -1.06. The van der Waals surface area contributed by atoms with E-state index in [1.807, 2.05) is 0 Å². The second-order valence-corrected chi connectivity index (χ2v) is 7.40. The number of benzene rings is 2. The molecule has 2 aromatic carbocycles. The monoisotopic (exact) mass is 426 g/mol. The van der Waals surface area contributed by atoms with Gasteiger partial charge in [-0.2, -0.15) is 0 Å². The fourth-order valence-corrected chi connectivity index (χ4v) is 3.51. The van der Waals surface area contributed by atoms with Gasteiger partial charge in [-0.05, 0) is 60.7 Å². The zero-order valence-corrected chi connectivity index (χ0v) is 16.9. The highest BCUT2D eigenvalue weighted by molar-refractivity contribution is 8.18. The van der Waals surface area contributed by atoms with Crippen LogP contribution in [0, 0.1) is 0 Å². The van der Waals surface area contributed by atoms with Gasteiger partial charge >= 0.3 is 11.9 Å². The van der Waals surface area contributed by atoms with Gasteiger partial charge in [0.05, 0.1) is 16.2 Å². The molecule has 0 aliphatic carbocycles. The van der Waals surface area contributed by atoms with Gasteiger partial charge in [-0.15, -0.1) is 0 Å². The van der Waals surface area contributed by atoms with Crippen molar-refractivity contribution in [3.05, 3.63) is 64.6 Å². The van der Waals surface area contributed by atoms with Crippen molar-refractivity contribution in [1.29, 1.82) is 0 Å². The Bertz CT molecular complexity index is 1060. The summed E-state index contributed by atoms with van der Waals surface area (Å²) >= 11 is 1.18. The third kappa shape index (κ3) is 4.87. The van der Waals surface area contributed by atoms with Crippen molar-refractivity contribution in [3.8, 4) is 5.75 Å². The number of hydrogen-bond donors (Lipinski definition) is 2. The summed E-state index contributed by atoms with van der Waals surface area (Å²) in [6.07, 6.45) is 0.734. The van der Waals surface area contributed by atoms with Crippen LogP contribution in [0.1, 0.15) is 22.8 Å². The maximum absolute atomic E-state index is 12.5. The molecule has 1 heterocycles. The van der Waals surface area contributed by atoms with Crippen LogP contribution in [0.3, 0.4) is 0 Å². The van der Waals surface area contributed by atoms with Crippen molar-refractivity contribution in [2.75, 3.05) is 7.05 Å². The van der Waals surface area contributed by atoms with Crippen molar-refractivity contribution >= 4 is 46.5 Å². The van der Waals surface area contributed by atoms with Crippen LogP contribution in [0.25, 0.3) is 6.08 Å². The van der Waals surface area contributed by atoms with Gasteiger partial charge in [0.1, 0.15) is 5.75 Å². The number of aliphatic carboxylic acids is 1. The van der Waals surface area contributed by atoms with Crippen LogP contribution in [0.5, 0.6) is 5.75 Å². The van der Waals surface area contributed by atoms with Gasteiger partial charge in [0.2, 0.25) is 0 Å². The second kappa shape index (κ2) is 8.83. The Morgan fingerprint density at radius 2 is 1.87 bits per heavy atom. The number of nitrogens with zero attached hydrogens (tertiary/aromatic N) is 2. The number of carbonyl (C=O) groups excluding carboxylic acids is 1. The molecule has 0 saturated carbocycles. The molecular formula is C21H18N2O6S. The fourth-order valence-electron chi connectivity index (χ4n) is 2.52. The lowest BCUT2D eigenvalue weighted by molar-refractivity contribution is -0.144. The van der Waals surface area contributed by atoms with Crippen LogP contribution in [-0.4, -0.2) is 51.3 Å². The molecule has 0 spiro atoms. The topological polar surface area (TPSA) is 117 Å². The fraction of sp³-hybridized carbons (Fsp3) is 0.143. The maximum Gasteiger partial charge on any atom is 0.344 e. The minimum Gasteiger partial charge on any atom is -0.479 e. The molecule has 30 heavy (non-hydrogen) atoms. The average molecular weight is 426 g/mol. The van der Waals surface area contributed by atoms with Crippen molar-refractivity contribution in [2.45, 2.75) is 13.0 Å². The average Bonchev–Trinajstić information content (AvgIpc) is 2.97. The van der Waals surface area contributed by atoms with E-state index in [0.717, 1.165) is 5.56 Å². The predicted molar refractivity (Wildman–Crippen MR) is 113 cm³/mol. The Kier molecular flexibility index (Phi) is 6.22. The van der Waals surface area contributed by atoms with Crippen LogP contribution in [-0.2, 0) is 9.59 Å². The van der Waals surface area contributed by atoms with Gasteiger partial charge in [-0.3, -0.25) is 9.69 Å². The molecule has 1 unspecified atom stereocenters. The number of aliphatic imine (C=N–C) groups is 1. The largest absolute Gasteiger partial charge is 0.479 e. The molecule has 0 aromatic heterocycles. The van der Waals surface area contributed by atoms with E-state index in [1.165, 1.54) is 35.7 Å². The first-order valence-electron chi connectivity index (χ1n) is 8.84. The molecule has 0 bridgehead atoms. The molecule has 1 aliphatic rings. The van der Waals surface area contributed by atoms with E-state index in [2.05, 4.69) is 4.99 Å². The molecular weight excluding hydrogens is 408 g/mol. The van der Waals surface area contributed by atoms with Crippen LogP contribution < -0.4 is 4.74 Å². The molecule has 1 amide bonds. The number of rotatable bonds is 6. The number of amidine groups is 1. The summed E-state index contributed by atoms with van der Waals surface area (Å²) in [5.41, 5.74) is 1.29. The number of hydrogen-bond acceptors (Lipinski definition) is 6. The molecule has 8 nitrogen and oxygen atoms in total. The number of ether oxygens (including phenoxy) is 1. The number of likely N-dealkylation sites (N-methyl/N-ethyl adjacent to an activating group) is 1. The molecule has 2 N–H and O–H groups in total. The van der Waals surface area contributed by atoms with Crippen LogP contribution >= 0.6 is 11.8 Å². The smallest absolute Gasteiger partial charge is 0.344 e. The van der Waals surface area contributed by atoms with Crippen molar-refractivity contribution < 1.29 is 29.3 Å². The molecule has 2 aromatic rings. The quantitative estimate of drug-likeness (QED) is 0.679. The SMILES string of the molecule is CC(Oc1ccc(/C=C2\SC(=Nc3cccc(C(=O)O)c3)N(C)C2=O)cc1)C(=O)O. The van der Waals surface area contributed by atoms with E-state index in [1.54, 1.807) is 49.5 Å². The second-order valence-electron chi connectivity index (χ2n) is 6.39. The number of carbonyl (C=O) groups is 3. The summed E-state index contributed by atoms with van der Waals surface area (Å²) in [7, 11) is 1.60. The highest BCUT2D eigenvalue weighted by Crippen LogP contribution is 2.33. The van der Waals surface area contributed by atoms with Gasteiger partial charge in [0.15, 0.2) is 11.3 Å². The van der Waals surface area contributed by atoms with Gasteiger partial charge < -0.3 is 14.9 Å². The van der Waals surface area contributed by atoms with Gasteiger partial charge in [0, 0.05) is 7.05 Å². The summed E-state index contributed by atoms with van der Waals surface area (Å²) < 4.78 is 5.29. The lowest BCUT2D eigenvalue weighted by atomic mass is 10.2. The normalized spacial score (nSPS) is 17.4. The molecule has 1 atom stereocenters. The molecule has 0 radical (unpaired) electrons. The molecule has 1 fully saturated rings. The Hall–Kier alpha value is -3.59. The van der Waals surface area contributed by atoms with Gasteiger partial charge in [0.25, 0.3) is 5.91 Å². The summed E-state index contributed by atoms with van der Waals surface area (Å²) in [6, 6.07) is 12.9. The lowest BCUT2D eigenvalue weighted by Gasteiger charge is -2.10. The number of carboxylic acid groups (broad SMARTS) is 2. The van der Waals surface area contributed by atoms with E-state index >= 15 is 0 Å². The van der Waals surface area contributed by atoms with Crippen molar-refractivity contribution in [2.24, 2.45) is 4.99 Å². The van der Waals surface area contributed by atoms with E-state index in [4.69, 9.17) is 14.9 Å². The number of amides is 1. The predicted octanol–water partition coefficient (Wildman–Crippen LogP) is 3.47. The first kappa shape index (κ1) is 21.1. The van der Waals surface area contributed by atoms with Gasteiger partial charge in [-0.25, -0.2) is 14.6 Å².